The molecule has 118 valence electrons. The van der Waals surface area contributed by atoms with Crippen molar-refractivity contribution in [1.82, 2.24) is 10.6 Å². The molecular formula is C18H30N2O. The third-order valence-corrected chi connectivity index (χ3v) is 4.44. The summed E-state index contributed by atoms with van der Waals surface area (Å²) in [5.74, 6) is 0.976. The van der Waals surface area contributed by atoms with Crippen molar-refractivity contribution in [2.24, 2.45) is 0 Å². The number of nitrogens with one attached hydrogen (secondary N) is 2. The number of hydrogen-bond acceptors (Lipinski definition) is 3. The molecule has 2 rings (SSSR count). The van der Waals surface area contributed by atoms with E-state index < -0.39 is 0 Å². The van der Waals surface area contributed by atoms with Crippen molar-refractivity contribution in [1.29, 1.82) is 0 Å². The molecule has 3 unspecified atom stereocenters. The molecule has 1 saturated heterocycles. The van der Waals surface area contributed by atoms with E-state index in [4.69, 9.17) is 4.74 Å². The van der Waals surface area contributed by atoms with Gasteiger partial charge in [0.1, 0.15) is 5.75 Å². The summed E-state index contributed by atoms with van der Waals surface area (Å²) in [5.41, 5.74) is 2.53. The average molecular weight is 290 g/mol. The number of hydrogen-bond donors (Lipinski definition) is 2. The second-order valence-electron chi connectivity index (χ2n) is 6.42. The largest absolute Gasteiger partial charge is 0.496 e. The fraction of sp³-hybridized carbons (Fsp3) is 0.667. The number of benzene rings is 1. The fourth-order valence-corrected chi connectivity index (χ4v) is 3.33. The van der Waals surface area contributed by atoms with Crippen molar-refractivity contribution in [2.75, 3.05) is 13.7 Å². The molecule has 0 bridgehead atoms. The lowest BCUT2D eigenvalue weighted by Crippen LogP contribution is -2.40. The summed E-state index contributed by atoms with van der Waals surface area (Å²) in [6.45, 7) is 7.82. The van der Waals surface area contributed by atoms with E-state index in [1.807, 2.05) is 0 Å². The van der Waals surface area contributed by atoms with Gasteiger partial charge in [-0.15, -0.1) is 0 Å². The van der Waals surface area contributed by atoms with Crippen molar-refractivity contribution < 1.29 is 4.74 Å². The third kappa shape index (κ3) is 4.72. The van der Waals surface area contributed by atoms with Gasteiger partial charge in [0.05, 0.1) is 7.11 Å². The van der Waals surface area contributed by atoms with Gasteiger partial charge in [-0.05, 0) is 52.6 Å². The second kappa shape index (κ2) is 7.81. The fourth-order valence-electron chi connectivity index (χ4n) is 3.33. The van der Waals surface area contributed by atoms with Gasteiger partial charge in [-0.2, -0.15) is 0 Å². The number of ether oxygens (including phenoxy) is 1. The van der Waals surface area contributed by atoms with Gasteiger partial charge in [0.25, 0.3) is 0 Å². The van der Waals surface area contributed by atoms with Crippen LogP contribution in [0.1, 0.15) is 56.7 Å². The Morgan fingerprint density at radius 3 is 2.81 bits per heavy atom. The highest BCUT2D eigenvalue weighted by molar-refractivity contribution is 5.38. The maximum atomic E-state index is 5.50. The Bertz CT molecular complexity index is 441. The van der Waals surface area contributed by atoms with E-state index in [0.29, 0.717) is 18.1 Å². The van der Waals surface area contributed by atoms with Crippen LogP contribution in [0.15, 0.2) is 18.2 Å². The molecular weight excluding hydrogens is 260 g/mol. The number of methoxy groups -OCH3 is 1. The van der Waals surface area contributed by atoms with Crippen LogP contribution in [0, 0.1) is 6.92 Å². The lowest BCUT2D eigenvalue weighted by Gasteiger charge is -2.28. The summed E-state index contributed by atoms with van der Waals surface area (Å²) in [6, 6.07) is 7.87. The highest BCUT2D eigenvalue weighted by Gasteiger charge is 2.18. The molecule has 21 heavy (non-hydrogen) atoms. The van der Waals surface area contributed by atoms with Crippen molar-refractivity contribution in [3.63, 3.8) is 0 Å². The van der Waals surface area contributed by atoms with Crippen LogP contribution in [-0.2, 0) is 0 Å². The summed E-state index contributed by atoms with van der Waals surface area (Å²) in [5, 5.41) is 7.36. The second-order valence-corrected chi connectivity index (χ2v) is 6.42. The molecule has 1 aromatic rings. The standard InChI is InChI=1S/C18H30N2O/c1-13-8-9-18(21-4)17(11-13)15(3)20-14(2)12-16-7-5-6-10-19-16/h8-9,11,14-16,19-20H,5-7,10,12H2,1-4H3. The number of piperidine rings is 1. The van der Waals surface area contributed by atoms with E-state index in [1.165, 1.54) is 43.4 Å². The molecule has 1 heterocycles. The van der Waals surface area contributed by atoms with Crippen molar-refractivity contribution >= 4 is 0 Å². The summed E-state index contributed by atoms with van der Waals surface area (Å²) in [7, 11) is 1.75. The van der Waals surface area contributed by atoms with Gasteiger partial charge < -0.3 is 15.4 Å². The molecule has 1 aromatic carbocycles. The molecule has 0 amide bonds. The van der Waals surface area contributed by atoms with Crippen LogP contribution in [0.5, 0.6) is 5.75 Å². The number of aryl methyl sites for hydroxylation is 1. The Balaban J connectivity index is 1.93. The Morgan fingerprint density at radius 1 is 1.33 bits per heavy atom. The Morgan fingerprint density at radius 2 is 2.14 bits per heavy atom. The van der Waals surface area contributed by atoms with Crippen LogP contribution in [0.3, 0.4) is 0 Å². The molecule has 3 heteroatoms. The van der Waals surface area contributed by atoms with Gasteiger partial charge in [0, 0.05) is 23.7 Å². The normalized spacial score (nSPS) is 21.8. The van der Waals surface area contributed by atoms with Crippen molar-refractivity contribution in [2.45, 2.75) is 64.6 Å². The molecule has 2 N–H and O–H groups in total. The van der Waals surface area contributed by atoms with Crippen LogP contribution in [-0.4, -0.2) is 25.7 Å². The third-order valence-electron chi connectivity index (χ3n) is 4.44. The van der Waals surface area contributed by atoms with Gasteiger partial charge >= 0.3 is 0 Å². The predicted molar refractivity (Wildman–Crippen MR) is 89.0 cm³/mol. The van der Waals surface area contributed by atoms with Gasteiger partial charge in [-0.1, -0.05) is 24.1 Å². The first-order valence-electron chi connectivity index (χ1n) is 8.24. The summed E-state index contributed by atoms with van der Waals surface area (Å²) >= 11 is 0. The zero-order chi connectivity index (χ0) is 15.2. The first kappa shape index (κ1) is 16.3. The van der Waals surface area contributed by atoms with E-state index in [2.05, 4.69) is 49.6 Å². The first-order chi connectivity index (χ1) is 10.1. The molecule has 3 nitrogen and oxygen atoms in total. The molecule has 1 aliphatic heterocycles. The Labute approximate surface area is 129 Å². The summed E-state index contributed by atoms with van der Waals surface area (Å²) in [6.07, 6.45) is 5.20. The van der Waals surface area contributed by atoms with Crippen LogP contribution >= 0.6 is 0 Å². The maximum absolute atomic E-state index is 5.50. The molecule has 3 atom stereocenters. The SMILES string of the molecule is COc1ccc(C)cc1C(C)NC(C)CC1CCCCN1. The van der Waals surface area contributed by atoms with Crippen LogP contribution < -0.4 is 15.4 Å². The smallest absolute Gasteiger partial charge is 0.123 e. The van der Waals surface area contributed by atoms with E-state index >= 15 is 0 Å². The quantitative estimate of drug-likeness (QED) is 0.840. The zero-order valence-corrected chi connectivity index (χ0v) is 13.9. The molecule has 0 aromatic heterocycles. The van der Waals surface area contributed by atoms with Gasteiger partial charge in [0.15, 0.2) is 0 Å². The van der Waals surface area contributed by atoms with Gasteiger partial charge in [-0.25, -0.2) is 0 Å². The number of rotatable bonds is 6. The average Bonchev–Trinajstić information content (AvgIpc) is 2.48. The molecule has 1 aliphatic rings. The predicted octanol–water partition coefficient (Wildman–Crippen LogP) is 3.57. The highest BCUT2D eigenvalue weighted by atomic mass is 16.5. The van der Waals surface area contributed by atoms with Gasteiger partial charge in [-0.3, -0.25) is 0 Å². The molecule has 1 fully saturated rings. The molecule has 0 aliphatic carbocycles. The molecule has 0 radical (unpaired) electrons. The minimum Gasteiger partial charge on any atom is -0.496 e. The first-order valence-corrected chi connectivity index (χ1v) is 8.24. The van der Waals surface area contributed by atoms with E-state index in [1.54, 1.807) is 7.11 Å². The van der Waals surface area contributed by atoms with E-state index in [-0.39, 0.29) is 0 Å². The maximum Gasteiger partial charge on any atom is 0.123 e. The van der Waals surface area contributed by atoms with Crippen molar-refractivity contribution in [3.8, 4) is 5.75 Å². The van der Waals surface area contributed by atoms with Gasteiger partial charge in [0.2, 0.25) is 0 Å². The van der Waals surface area contributed by atoms with E-state index in [0.717, 1.165) is 5.75 Å². The Hall–Kier alpha value is -1.06. The van der Waals surface area contributed by atoms with Crippen LogP contribution in [0.4, 0.5) is 0 Å². The summed E-state index contributed by atoms with van der Waals surface area (Å²) < 4.78 is 5.50. The lowest BCUT2D eigenvalue weighted by atomic mass is 9.97. The highest BCUT2D eigenvalue weighted by Crippen LogP contribution is 2.26. The van der Waals surface area contributed by atoms with E-state index in [9.17, 15) is 0 Å². The van der Waals surface area contributed by atoms with Crippen LogP contribution in [0.2, 0.25) is 0 Å². The minimum absolute atomic E-state index is 0.304. The summed E-state index contributed by atoms with van der Waals surface area (Å²) in [4.78, 5) is 0. The Kier molecular flexibility index (Phi) is 6.07. The lowest BCUT2D eigenvalue weighted by molar-refractivity contribution is 0.330. The van der Waals surface area contributed by atoms with Crippen LogP contribution in [0.25, 0.3) is 0 Å². The monoisotopic (exact) mass is 290 g/mol. The molecule has 0 spiro atoms. The zero-order valence-electron chi connectivity index (χ0n) is 13.9. The molecule has 0 saturated carbocycles. The van der Waals surface area contributed by atoms with Crippen molar-refractivity contribution in [3.05, 3.63) is 29.3 Å². The minimum atomic E-state index is 0.304. The topological polar surface area (TPSA) is 33.3 Å².